The molecule has 1 heterocycles. The molecule has 0 unspecified atom stereocenters. The zero-order chi connectivity index (χ0) is 20.9. The molecule has 5 heteroatoms. The minimum absolute atomic E-state index is 0.105. The van der Waals surface area contributed by atoms with Crippen LogP contribution in [-0.4, -0.2) is 23.2 Å². The minimum Gasteiger partial charge on any atom is -0.507 e. The Morgan fingerprint density at radius 1 is 1.04 bits per heavy atom. The predicted molar refractivity (Wildman–Crippen MR) is 110 cm³/mol. The second kappa shape index (κ2) is 6.66. The Morgan fingerprint density at radius 3 is 2.29 bits per heavy atom. The lowest BCUT2D eigenvalue weighted by molar-refractivity contribution is 0.0601. The maximum absolute atomic E-state index is 11.8. The highest BCUT2D eigenvalue weighted by molar-refractivity contribution is 5.93. The molecule has 5 nitrogen and oxygen atoms in total. The van der Waals surface area contributed by atoms with Gasteiger partial charge in [0.1, 0.15) is 11.3 Å². The number of phenolic OH excluding ortho intramolecular Hbond substituents is 1. The Kier molecular flexibility index (Phi) is 4.74. The van der Waals surface area contributed by atoms with Crippen molar-refractivity contribution in [3.63, 3.8) is 0 Å². The molecule has 28 heavy (non-hydrogen) atoms. The lowest BCUT2D eigenvalue weighted by atomic mass is 9.79. The first-order valence-corrected chi connectivity index (χ1v) is 9.29. The first-order valence-electron chi connectivity index (χ1n) is 9.29. The number of oxazole rings is 1. The van der Waals surface area contributed by atoms with Gasteiger partial charge in [-0.25, -0.2) is 9.78 Å². The largest absolute Gasteiger partial charge is 0.507 e. The molecule has 2 aromatic carbocycles. The first kappa shape index (κ1) is 19.9. The Labute approximate surface area is 165 Å². The number of nitrogens with zero attached hydrogens (tertiary/aromatic N) is 1. The molecule has 1 N–H and O–H groups in total. The van der Waals surface area contributed by atoms with Gasteiger partial charge in [-0.05, 0) is 40.7 Å². The number of fused-ring (bicyclic) bond motifs is 1. The van der Waals surface area contributed by atoms with Gasteiger partial charge in [0, 0.05) is 5.56 Å². The highest BCUT2D eigenvalue weighted by Gasteiger charge is 2.27. The number of hydrogen-bond donors (Lipinski definition) is 1. The van der Waals surface area contributed by atoms with Gasteiger partial charge in [0.2, 0.25) is 5.89 Å². The number of methoxy groups -OCH3 is 1. The molecule has 1 aromatic heterocycles. The van der Waals surface area contributed by atoms with E-state index in [1.165, 1.54) is 7.11 Å². The van der Waals surface area contributed by atoms with E-state index in [1.807, 2.05) is 6.07 Å². The van der Waals surface area contributed by atoms with Crippen molar-refractivity contribution in [2.75, 3.05) is 7.11 Å². The van der Waals surface area contributed by atoms with Crippen molar-refractivity contribution < 1.29 is 19.1 Å². The zero-order valence-electron chi connectivity index (χ0n) is 17.5. The monoisotopic (exact) mass is 381 g/mol. The van der Waals surface area contributed by atoms with Crippen LogP contribution in [0.4, 0.5) is 0 Å². The Balaban J connectivity index is 2.23. The summed E-state index contributed by atoms with van der Waals surface area (Å²) in [6.07, 6.45) is 0. The van der Waals surface area contributed by atoms with Crippen molar-refractivity contribution in [3.8, 4) is 17.2 Å². The molecule has 0 saturated carbocycles. The van der Waals surface area contributed by atoms with Gasteiger partial charge < -0.3 is 14.3 Å². The zero-order valence-corrected chi connectivity index (χ0v) is 17.5. The van der Waals surface area contributed by atoms with Gasteiger partial charge in [0.25, 0.3) is 0 Å². The van der Waals surface area contributed by atoms with E-state index in [0.717, 1.165) is 11.1 Å². The maximum atomic E-state index is 11.8. The van der Waals surface area contributed by atoms with Gasteiger partial charge in [0.05, 0.1) is 18.2 Å². The van der Waals surface area contributed by atoms with Gasteiger partial charge in [-0.1, -0.05) is 47.6 Å². The summed E-state index contributed by atoms with van der Waals surface area (Å²) in [4.78, 5) is 16.3. The van der Waals surface area contributed by atoms with Crippen LogP contribution in [0.15, 0.2) is 34.7 Å². The maximum Gasteiger partial charge on any atom is 0.337 e. The second-order valence-electron chi connectivity index (χ2n) is 9.11. The molecular formula is C23H27NO4. The molecule has 0 amide bonds. The van der Waals surface area contributed by atoms with Crippen molar-refractivity contribution in [2.45, 2.75) is 52.4 Å². The third-order valence-corrected chi connectivity index (χ3v) is 4.82. The van der Waals surface area contributed by atoms with E-state index in [9.17, 15) is 9.90 Å². The highest BCUT2D eigenvalue weighted by Crippen LogP contribution is 2.42. The Hall–Kier alpha value is -2.82. The summed E-state index contributed by atoms with van der Waals surface area (Å²) in [5, 5.41) is 11.0. The average molecular weight is 381 g/mol. The van der Waals surface area contributed by atoms with E-state index in [2.05, 4.69) is 52.6 Å². The van der Waals surface area contributed by atoms with Gasteiger partial charge in [0.15, 0.2) is 5.58 Å². The fraction of sp³-hybridized carbons (Fsp3) is 0.391. The normalized spacial score (nSPS) is 12.4. The number of rotatable bonds is 2. The summed E-state index contributed by atoms with van der Waals surface area (Å²) >= 11 is 0. The van der Waals surface area contributed by atoms with Crippen molar-refractivity contribution in [3.05, 3.63) is 47.0 Å². The molecule has 0 fully saturated rings. The average Bonchev–Trinajstić information content (AvgIpc) is 3.01. The molecule has 0 radical (unpaired) electrons. The predicted octanol–water partition coefficient (Wildman–Crippen LogP) is 5.58. The SMILES string of the molecule is COC(=O)c1ccc2oc(-c3cc(C(C)(C)C)cc(C(C)(C)C)c3O)nc2c1. The van der Waals surface area contributed by atoms with E-state index in [1.54, 1.807) is 18.2 Å². The van der Waals surface area contributed by atoms with Crippen LogP contribution in [0.25, 0.3) is 22.6 Å². The van der Waals surface area contributed by atoms with Crippen molar-refractivity contribution in [1.82, 2.24) is 4.98 Å². The smallest absolute Gasteiger partial charge is 0.337 e. The van der Waals surface area contributed by atoms with Gasteiger partial charge in [-0.2, -0.15) is 0 Å². The van der Waals surface area contributed by atoms with Crippen LogP contribution in [0.3, 0.4) is 0 Å². The van der Waals surface area contributed by atoms with Crippen molar-refractivity contribution in [2.24, 2.45) is 0 Å². The third-order valence-electron chi connectivity index (χ3n) is 4.82. The Morgan fingerprint density at radius 2 is 1.71 bits per heavy atom. The number of aromatic hydroxyl groups is 1. The number of ether oxygens (including phenoxy) is 1. The van der Waals surface area contributed by atoms with E-state index in [-0.39, 0.29) is 16.6 Å². The van der Waals surface area contributed by atoms with Crippen LogP contribution >= 0.6 is 0 Å². The first-order chi connectivity index (χ1) is 12.9. The number of hydrogen-bond acceptors (Lipinski definition) is 5. The summed E-state index contributed by atoms with van der Waals surface area (Å²) in [7, 11) is 1.34. The van der Waals surface area contributed by atoms with E-state index in [0.29, 0.717) is 28.1 Å². The molecule has 148 valence electrons. The van der Waals surface area contributed by atoms with Gasteiger partial charge >= 0.3 is 5.97 Å². The standard InChI is InChI=1S/C23H27NO4/c1-22(2,3)14-11-15(19(25)16(12-14)23(4,5)6)20-24-17-10-13(21(26)27-7)8-9-18(17)28-20/h8-12,25H,1-7H3. The van der Waals surface area contributed by atoms with E-state index >= 15 is 0 Å². The number of phenols is 1. The lowest BCUT2D eigenvalue weighted by Gasteiger charge is -2.27. The van der Waals surface area contributed by atoms with Crippen molar-refractivity contribution in [1.29, 1.82) is 0 Å². The summed E-state index contributed by atoms with van der Waals surface area (Å²) in [6.45, 7) is 12.6. The molecule has 0 atom stereocenters. The van der Waals surface area contributed by atoms with Gasteiger partial charge in [-0.15, -0.1) is 0 Å². The Bertz CT molecular complexity index is 1050. The lowest BCUT2D eigenvalue weighted by Crippen LogP contribution is -2.17. The van der Waals surface area contributed by atoms with Crippen molar-refractivity contribution >= 4 is 17.1 Å². The summed E-state index contributed by atoms with van der Waals surface area (Å²) in [6, 6.07) is 8.93. The second-order valence-corrected chi connectivity index (χ2v) is 9.11. The van der Waals surface area contributed by atoms with Crippen LogP contribution in [-0.2, 0) is 15.6 Å². The number of esters is 1. The third kappa shape index (κ3) is 3.61. The molecule has 0 bridgehead atoms. The molecule has 0 aliphatic heterocycles. The summed E-state index contributed by atoms with van der Waals surface area (Å²) in [5.74, 6) is 0.0606. The minimum atomic E-state index is -0.431. The van der Waals surface area contributed by atoms with E-state index < -0.39 is 5.97 Å². The highest BCUT2D eigenvalue weighted by atomic mass is 16.5. The molecule has 0 aliphatic carbocycles. The van der Waals surface area contributed by atoms with Crippen LogP contribution < -0.4 is 0 Å². The topological polar surface area (TPSA) is 72.6 Å². The molecule has 3 rings (SSSR count). The fourth-order valence-electron chi connectivity index (χ4n) is 3.09. The number of benzene rings is 2. The van der Waals surface area contributed by atoms with Crippen LogP contribution in [0.5, 0.6) is 5.75 Å². The number of carbonyl (C=O) groups excluding carboxylic acids is 1. The van der Waals surface area contributed by atoms with Gasteiger partial charge in [-0.3, -0.25) is 0 Å². The molecule has 3 aromatic rings. The van der Waals surface area contributed by atoms with Crippen LogP contribution in [0.1, 0.15) is 63.0 Å². The van der Waals surface area contributed by atoms with Crippen LogP contribution in [0.2, 0.25) is 0 Å². The quantitative estimate of drug-likeness (QED) is 0.587. The molecular weight excluding hydrogens is 354 g/mol. The molecule has 0 spiro atoms. The van der Waals surface area contributed by atoms with E-state index in [4.69, 9.17) is 9.15 Å². The van der Waals surface area contributed by atoms with Crippen LogP contribution in [0, 0.1) is 0 Å². The molecule has 0 saturated heterocycles. The number of carbonyl (C=O) groups is 1. The summed E-state index contributed by atoms with van der Waals surface area (Å²) in [5.41, 5.74) is 3.61. The fourth-order valence-corrected chi connectivity index (χ4v) is 3.09. The number of aromatic nitrogens is 1. The molecule has 0 aliphatic rings. The summed E-state index contributed by atoms with van der Waals surface area (Å²) < 4.78 is 10.7.